The summed E-state index contributed by atoms with van der Waals surface area (Å²) in [5, 5.41) is 0. The molecule has 1 saturated heterocycles. The van der Waals surface area contributed by atoms with Crippen molar-refractivity contribution in [3.63, 3.8) is 0 Å². The topological polar surface area (TPSA) is 20.3 Å². The minimum atomic E-state index is 0.165. The highest BCUT2D eigenvalue weighted by atomic mass is 16.2. The molecule has 0 bridgehead atoms. The molecular formula is C12H14NO. The first kappa shape index (κ1) is 9.25. The lowest BCUT2D eigenvalue weighted by atomic mass is 10.1. The molecule has 0 saturated carbocycles. The Hall–Kier alpha value is -1.31. The Labute approximate surface area is 84.5 Å². The fourth-order valence-electron chi connectivity index (χ4n) is 1.72. The van der Waals surface area contributed by atoms with E-state index in [-0.39, 0.29) is 5.91 Å². The fraction of sp³-hybridized carbons (Fsp3) is 0.333. The number of hydrogen-bond donors (Lipinski definition) is 0. The highest BCUT2D eigenvalue weighted by Gasteiger charge is 2.17. The normalized spacial score (nSPS) is 16.7. The van der Waals surface area contributed by atoms with Crippen LogP contribution >= 0.6 is 0 Å². The third-order valence-electron chi connectivity index (χ3n) is 2.51. The average Bonchev–Trinajstić information content (AvgIpc) is 2.30. The zero-order chi connectivity index (χ0) is 9.80. The Balaban J connectivity index is 2.07. The first-order valence-electron chi connectivity index (χ1n) is 5.04. The molecule has 0 aliphatic carbocycles. The average molecular weight is 188 g/mol. The molecule has 0 spiro atoms. The first-order chi connectivity index (χ1) is 6.88. The van der Waals surface area contributed by atoms with Gasteiger partial charge in [0.15, 0.2) is 0 Å². The number of nitrogens with zero attached hydrogens (tertiary/aromatic N) is 1. The zero-order valence-corrected chi connectivity index (χ0v) is 8.15. The van der Waals surface area contributed by atoms with E-state index in [1.807, 2.05) is 35.2 Å². The van der Waals surface area contributed by atoms with Gasteiger partial charge in [-0.1, -0.05) is 18.2 Å². The molecule has 1 aromatic rings. The maximum Gasteiger partial charge on any atom is 0.253 e. The summed E-state index contributed by atoms with van der Waals surface area (Å²) >= 11 is 0. The van der Waals surface area contributed by atoms with Crippen molar-refractivity contribution in [3.8, 4) is 0 Å². The summed E-state index contributed by atoms with van der Waals surface area (Å²) in [6.45, 7) is 1.74. The van der Waals surface area contributed by atoms with E-state index in [9.17, 15) is 4.79 Å². The first-order valence-corrected chi connectivity index (χ1v) is 5.04. The van der Waals surface area contributed by atoms with E-state index in [0.29, 0.717) is 0 Å². The molecule has 2 rings (SSSR count). The highest BCUT2D eigenvalue weighted by molar-refractivity contribution is 5.94. The Kier molecular flexibility index (Phi) is 2.82. The van der Waals surface area contributed by atoms with E-state index in [2.05, 4.69) is 6.42 Å². The molecule has 1 aliphatic heterocycles. The van der Waals surface area contributed by atoms with E-state index < -0.39 is 0 Å². The SMILES string of the molecule is O=C(c1ccccc1)N1CC[CH]CC1. The van der Waals surface area contributed by atoms with Crippen molar-refractivity contribution in [2.24, 2.45) is 0 Å². The number of rotatable bonds is 1. The van der Waals surface area contributed by atoms with Crippen molar-refractivity contribution < 1.29 is 4.79 Å². The molecule has 14 heavy (non-hydrogen) atoms. The molecule has 0 atom stereocenters. The summed E-state index contributed by atoms with van der Waals surface area (Å²) < 4.78 is 0. The van der Waals surface area contributed by atoms with Crippen molar-refractivity contribution in [1.82, 2.24) is 4.90 Å². The smallest absolute Gasteiger partial charge is 0.253 e. The van der Waals surface area contributed by atoms with E-state index >= 15 is 0 Å². The number of hydrogen-bond acceptors (Lipinski definition) is 1. The largest absolute Gasteiger partial charge is 0.339 e. The molecule has 1 radical (unpaired) electrons. The van der Waals surface area contributed by atoms with Crippen molar-refractivity contribution in [2.75, 3.05) is 13.1 Å². The van der Waals surface area contributed by atoms with Gasteiger partial charge in [0, 0.05) is 18.7 Å². The van der Waals surface area contributed by atoms with Gasteiger partial charge in [0.05, 0.1) is 0 Å². The molecule has 0 N–H and O–H groups in total. The predicted octanol–water partition coefficient (Wildman–Crippen LogP) is 2.13. The Morgan fingerprint density at radius 1 is 1.07 bits per heavy atom. The maximum atomic E-state index is 11.9. The molecule has 0 unspecified atom stereocenters. The number of carbonyl (C=O) groups excluding carboxylic acids is 1. The van der Waals surface area contributed by atoms with Gasteiger partial charge in [-0.3, -0.25) is 4.79 Å². The van der Waals surface area contributed by atoms with Gasteiger partial charge in [-0.05, 0) is 31.4 Å². The van der Waals surface area contributed by atoms with Gasteiger partial charge in [0.2, 0.25) is 0 Å². The Morgan fingerprint density at radius 3 is 2.36 bits per heavy atom. The Bertz CT molecular complexity index is 301. The summed E-state index contributed by atoms with van der Waals surface area (Å²) in [5.41, 5.74) is 0.800. The number of likely N-dealkylation sites (tertiary alicyclic amines) is 1. The van der Waals surface area contributed by atoms with E-state index in [1.165, 1.54) is 0 Å². The molecule has 2 nitrogen and oxygen atoms in total. The van der Waals surface area contributed by atoms with Gasteiger partial charge < -0.3 is 4.90 Å². The van der Waals surface area contributed by atoms with Crippen LogP contribution in [0.25, 0.3) is 0 Å². The van der Waals surface area contributed by atoms with Gasteiger partial charge >= 0.3 is 0 Å². The van der Waals surface area contributed by atoms with Gasteiger partial charge in [-0.15, -0.1) is 0 Å². The second kappa shape index (κ2) is 4.27. The number of piperidine rings is 1. The molecule has 1 heterocycles. The van der Waals surface area contributed by atoms with E-state index in [0.717, 1.165) is 31.5 Å². The van der Waals surface area contributed by atoms with E-state index in [1.54, 1.807) is 0 Å². The van der Waals surface area contributed by atoms with Crippen molar-refractivity contribution in [1.29, 1.82) is 0 Å². The number of amides is 1. The molecule has 0 aromatic heterocycles. The zero-order valence-electron chi connectivity index (χ0n) is 8.15. The molecule has 1 aromatic carbocycles. The predicted molar refractivity (Wildman–Crippen MR) is 55.9 cm³/mol. The Morgan fingerprint density at radius 2 is 1.71 bits per heavy atom. The lowest BCUT2D eigenvalue weighted by Gasteiger charge is -2.26. The van der Waals surface area contributed by atoms with Gasteiger partial charge in [0.1, 0.15) is 0 Å². The summed E-state index contributed by atoms with van der Waals surface area (Å²) in [6.07, 6.45) is 4.30. The minimum absolute atomic E-state index is 0.165. The minimum Gasteiger partial charge on any atom is -0.339 e. The van der Waals surface area contributed by atoms with Crippen LogP contribution in [0.15, 0.2) is 30.3 Å². The monoisotopic (exact) mass is 188 g/mol. The molecule has 2 heteroatoms. The van der Waals surface area contributed by atoms with Crippen LogP contribution in [-0.2, 0) is 0 Å². The molecule has 1 amide bonds. The van der Waals surface area contributed by atoms with Crippen LogP contribution in [0, 0.1) is 6.42 Å². The number of benzene rings is 1. The van der Waals surface area contributed by atoms with Crippen LogP contribution in [0.4, 0.5) is 0 Å². The third-order valence-corrected chi connectivity index (χ3v) is 2.51. The standard InChI is InChI=1S/C12H14NO/c14-12(11-7-3-1-4-8-11)13-9-5-2-6-10-13/h1-4,7-8H,5-6,9-10H2. The third kappa shape index (κ3) is 1.95. The van der Waals surface area contributed by atoms with Crippen LogP contribution < -0.4 is 0 Å². The van der Waals surface area contributed by atoms with Gasteiger partial charge in [0.25, 0.3) is 5.91 Å². The molecule has 1 fully saturated rings. The van der Waals surface area contributed by atoms with Crippen molar-refractivity contribution in [3.05, 3.63) is 42.3 Å². The molecule has 73 valence electrons. The van der Waals surface area contributed by atoms with Crippen LogP contribution in [-0.4, -0.2) is 23.9 Å². The van der Waals surface area contributed by atoms with Gasteiger partial charge in [-0.2, -0.15) is 0 Å². The van der Waals surface area contributed by atoms with Crippen molar-refractivity contribution in [2.45, 2.75) is 12.8 Å². The van der Waals surface area contributed by atoms with Crippen molar-refractivity contribution >= 4 is 5.91 Å². The second-order valence-electron chi connectivity index (χ2n) is 3.52. The van der Waals surface area contributed by atoms with Crippen LogP contribution in [0.5, 0.6) is 0 Å². The summed E-state index contributed by atoms with van der Waals surface area (Å²) in [4.78, 5) is 13.8. The maximum absolute atomic E-state index is 11.9. The summed E-state index contributed by atoms with van der Waals surface area (Å²) in [7, 11) is 0. The summed E-state index contributed by atoms with van der Waals surface area (Å²) in [6, 6.07) is 9.49. The quantitative estimate of drug-likeness (QED) is 0.661. The molecular weight excluding hydrogens is 174 g/mol. The van der Waals surface area contributed by atoms with Crippen LogP contribution in [0.2, 0.25) is 0 Å². The lowest BCUT2D eigenvalue weighted by Crippen LogP contribution is -2.35. The highest BCUT2D eigenvalue weighted by Crippen LogP contribution is 2.11. The van der Waals surface area contributed by atoms with Crippen LogP contribution in [0.1, 0.15) is 23.2 Å². The van der Waals surface area contributed by atoms with E-state index in [4.69, 9.17) is 0 Å². The fourth-order valence-corrected chi connectivity index (χ4v) is 1.72. The van der Waals surface area contributed by atoms with Gasteiger partial charge in [-0.25, -0.2) is 0 Å². The summed E-state index contributed by atoms with van der Waals surface area (Å²) in [5.74, 6) is 0.165. The second-order valence-corrected chi connectivity index (χ2v) is 3.52. The molecule has 1 aliphatic rings. The lowest BCUT2D eigenvalue weighted by molar-refractivity contribution is 0.0742. The van der Waals surface area contributed by atoms with Crippen LogP contribution in [0.3, 0.4) is 0 Å². The number of carbonyl (C=O) groups is 1.